The summed E-state index contributed by atoms with van der Waals surface area (Å²) in [7, 11) is 1.70. The molecule has 0 aromatic heterocycles. The van der Waals surface area contributed by atoms with Gasteiger partial charge in [-0.3, -0.25) is 4.79 Å². The summed E-state index contributed by atoms with van der Waals surface area (Å²) in [6.45, 7) is 2.77. The van der Waals surface area contributed by atoms with Crippen LogP contribution in [0.25, 0.3) is 0 Å². The van der Waals surface area contributed by atoms with Gasteiger partial charge in [0.2, 0.25) is 0 Å². The number of hydrogen-bond donors (Lipinski definition) is 2. The Balaban J connectivity index is 1.86. The lowest BCUT2D eigenvalue weighted by atomic mass is 10.2. The molecule has 3 amide bonds. The first-order valence-corrected chi connectivity index (χ1v) is 8.62. The number of nitrogens with zero attached hydrogens (tertiary/aromatic N) is 1. The molecule has 0 unspecified atom stereocenters. The summed E-state index contributed by atoms with van der Waals surface area (Å²) in [5.41, 5.74) is 1.51. The molecule has 0 aliphatic heterocycles. The van der Waals surface area contributed by atoms with Crippen molar-refractivity contribution in [2.24, 2.45) is 0 Å². The number of rotatable bonds is 7. The number of ether oxygens (including phenoxy) is 1. The number of likely N-dealkylation sites (N-methyl/N-ethyl adjacent to an activating group) is 1. The number of halogens is 1. The standard InChI is InChI=1S/C19H22ClN3O3/c1-3-21-18(24)13-26-16-10-8-15(9-11-16)22-19(25)23(2)12-14-6-4-5-7-17(14)20/h4-11H,3,12-13H2,1-2H3,(H,21,24)(H,22,25). The van der Waals surface area contributed by atoms with Crippen LogP contribution in [-0.4, -0.2) is 37.0 Å². The van der Waals surface area contributed by atoms with Gasteiger partial charge in [-0.2, -0.15) is 0 Å². The van der Waals surface area contributed by atoms with Gasteiger partial charge < -0.3 is 20.3 Å². The summed E-state index contributed by atoms with van der Waals surface area (Å²) in [5.74, 6) is 0.379. The van der Waals surface area contributed by atoms with Gasteiger partial charge in [0.1, 0.15) is 5.75 Å². The molecule has 0 radical (unpaired) electrons. The van der Waals surface area contributed by atoms with E-state index in [1.165, 1.54) is 0 Å². The summed E-state index contributed by atoms with van der Waals surface area (Å²) in [5, 5.41) is 6.08. The average molecular weight is 376 g/mol. The van der Waals surface area contributed by atoms with E-state index < -0.39 is 0 Å². The van der Waals surface area contributed by atoms with Crippen LogP contribution in [0.3, 0.4) is 0 Å². The zero-order valence-corrected chi connectivity index (χ0v) is 15.5. The quantitative estimate of drug-likeness (QED) is 0.777. The Morgan fingerprint density at radius 3 is 2.46 bits per heavy atom. The van der Waals surface area contributed by atoms with Crippen molar-refractivity contribution in [3.63, 3.8) is 0 Å². The molecule has 0 saturated carbocycles. The third kappa shape index (κ3) is 5.97. The fourth-order valence-corrected chi connectivity index (χ4v) is 2.40. The van der Waals surface area contributed by atoms with E-state index in [9.17, 15) is 9.59 Å². The van der Waals surface area contributed by atoms with E-state index in [1.807, 2.05) is 25.1 Å². The van der Waals surface area contributed by atoms with Crippen LogP contribution in [-0.2, 0) is 11.3 Å². The van der Waals surface area contributed by atoms with Crippen molar-refractivity contribution in [2.75, 3.05) is 25.5 Å². The molecule has 0 saturated heterocycles. The van der Waals surface area contributed by atoms with Gasteiger partial charge in [-0.15, -0.1) is 0 Å². The van der Waals surface area contributed by atoms with Crippen LogP contribution in [0.1, 0.15) is 12.5 Å². The highest BCUT2D eigenvalue weighted by atomic mass is 35.5. The van der Waals surface area contributed by atoms with E-state index in [2.05, 4.69) is 10.6 Å². The molecule has 138 valence electrons. The van der Waals surface area contributed by atoms with Gasteiger partial charge in [0.25, 0.3) is 5.91 Å². The fourth-order valence-electron chi connectivity index (χ4n) is 2.20. The normalized spacial score (nSPS) is 10.1. The Morgan fingerprint density at radius 1 is 1.12 bits per heavy atom. The van der Waals surface area contributed by atoms with Gasteiger partial charge in [-0.25, -0.2) is 4.79 Å². The van der Waals surface area contributed by atoms with Crippen molar-refractivity contribution >= 4 is 29.2 Å². The summed E-state index contributed by atoms with van der Waals surface area (Å²) in [6.07, 6.45) is 0. The minimum Gasteiger partial charge on any atom is -0.484 e. The average Bonchev–Trinajstić information content (AvgIpc) is 2.63. The van der Waals surface area contributed by atoms with Crippen LogP contribution in [0.2, 0.25) is 5.02 Å². The molecule has 2 N–H and O–H groups in total. The van der Waals surface area contributed by atoms with Crippen molar-refractivity contribution in [3.05, 3.63) is 59.1 Å². The molecule has 2 aromatic carbocycles. The lowest BCUT2D eigenvalue weighted by Gasteiger charge is -2.19. The van der Waals surface area contributed by atoms with Gasteiger partial charge in [0.15, 0.2) is 6.61 Å². The van der Waals surface area contributed by atoms with Gasteiger partial charge >= 0.3 is 6.03 Å². The van der Waals surface area contributed by atoms with Crippen molar-refractivity contribution < 1.29 is 14.3 Å². The van der Waals surface area contributed by atoms with E-state index in [4.69, 9.17) is 16.3 Å². The highest BCUT2D eigenvalue weighted by Gasteiger charge is 2.11. The predicted molar refractivity (Wildman–Crippen MR) is 103 cm³/mol. The van der Waals surface area contributed by atoms with Gasteiger partial charge in [-0.05, 0) is 42.8 Å². The zero-order valence-electron chi connectivity index (χ0n) is 14.8. The Hall–Kier alpha value is -2.73. The molecule has 2 aromatic rings. The summed E-state index contributed by atoms with van der Waals surface area (Å²) in [6, 6.07) is 14.0. The van der Waals surface area contributed by atoms with Crippen LogP contribution in [0, 0.1) is 0 Å². The molecular formula is C19H22ClN3O3. The molecule has 0 aliphatic rings. The van der Waals surface area contributed by atoms with E-state index in [0.717, 1.165) is 5.56 Å². The number of nitrogens with one attached hydrogen (secondary N) is 2. The first-order valence-electron chi connectivity index (χ1n) is 8.24. The molecule has 0 spiro atoms. The lowest BCUT2D eigenvalue weighted by Crippen LogP contribution is -2.30. The summed E-state index contributed by atoms with van der Waals surface area (Å²) < 4.78 is 5.37. The van der Waals surface area contributed by atoms with Crippen molar-refractivity contribution in [2.45, 2.75) is 13.5 Å². The number of carbonyl (C=O) groups is 2. The molecule has 0 fully saturated rings. The topological polar surface area (TPSA) is 70.7 Å². The molecular weight excluding hydrogens is 354 g/mol. The van der Waals surface area contributed by atoms with Gasteiger partial charge in [0.05, 0.1) is 0 Å². The molecule has 6 nitrogen and oxygen atoms in total. The second-order valence-electron chi connectivity index (χ2n) is 5.64. The summed E-state index contributed by atoms with van der Waals surface area (Å²) >= 11 is 6.12. The maximum Gasteiger partial charge on any atom is 0.321 e. The number of anilines is 1. The van der Waals surface area contributed by atoms with E-state index in [-0.39, 0.29) is 18.5 Å². The number of hydrogen-bond acceptors (Lipinski definition) is 3. The van der Waals surface area contributed by atoms with E-state index >= 15 is 0 Å². The smallest absolute Gasteiger partial charge is 0.321 e. The SMILES string of the molecule is CCNC(=O)COc1ccc(NC(=O)N(C)Cc2ccccc2Cl)cc1. The van der Waals surface area contributed by atoms with Crippen molar-refractivity contribution in [1.82, 2.24) is 10.2 Å². The Kier molecular flexibility index (Phi) is 7.29. The monoisotopic (exact) mass is 375 g/mol. The fraction of sp³-hybridized carbons (Fsp3) is 0.263. The molecule has 7 heteroatoms. The first-order chi connectivity index (χ1) is 12.5. The molecule has 2 rings (SSSR count). The number of urea groups is 1. The van der Waals surface area contributed by atoms with Crippen molar-refractivity contribution in [1.29, 1.82) is 0 Å². The molecule has 0 aliphatic carbocycles. The zero-order chi connectivity index (χ0) is 18.9. The Bertz CT molecular complexity index is 750. The highest BCUT2D eigenvalue weighted by molar-refractivity contribution is 6.31. The Morgan fingerprint density at radius 2 is 1.81 bits per heavy atom. The van der Waals surface area contributed by atoms with Crippen LogP contribution in [0.4, 0.5) is 10.5 Å². The van der Waals surface area contributed by atoms with E-state index in [1.54, 1.807) is 42.3 Å². The van der Waals surface area contributed by atoms with E-state index in [0.29, 0.717) is 29.5 Å². The van der Waals surface area contributed by atoms with Crippen LogP contribution < -0.4 is 15.4 Å². The van der Waals surface area contributed by atoms with Crippen LogP contribution in [0.15, 0.2) is 48.5 Å². The third-order valence-electron chi connectivity index (χ3n) is 3.56. The molecule has 0 atom stereocenters. The number of amides is 3. The van der Waals surface area contributed by atoms with Gasteiger partial charge in [-0.1, -0.05) is 29.8 Å². The second kappa shape index (κ2) is 9.68. The number of carbonyl (C=O) groups excluding carboxylic acids is 2. The minimum absolute atomic E-state index is 0.0415. The minimum atomic E-state index is -0.249. The molecule has 0 bridgehead atoms. The maximum atomic E-state index is 12.3. The largest absolute Gasteiger partial charge is 0.484 e. The second-order valence-corrected chi connectivity index (χ2v) is 6.05. The van der Waals surface area contributed by atoms with Crippen molar-refractivity contribution in [3.8, 4) is 5.75 Å². The highest BCUT2D eigenvalue weighted by Crippen LogP contribution is 2.18. The van der Waals surface area contributed by atoms with Crippen LogP contribution in [0.5, 0.6) is 5.75 Å². The Labute approximate surface area is 158 Å². The summed E-state index contributed by atoms with van der Waals surface area (Å²) in [4.78, 5) is 25.2. The maximum absolute atomic E-state index is 12.3. The molecule has 26 heavy (non-hydrogen) atoms. The van der Waals surface area contributed by atoms with Crippen LogP contribution >= 0.6 is 11.6 Å². The predicted octanol–water partition coefficient (Wildman–Crippen LogP) is 3.52. The molecule has 0 heterocycles. The first kappa shape index (κ1) is 19.6. The number of benzene rings is 2. The third-order valence-corrected chi connectivity index (χ3v) is 3.93. The lowest BCUT2D eigenvalue weighted by molar-refractivity contribution is -0.122. The van der Waals surface area contributed by atoms with Gasteiger partial charge in [0, 0.05) is 30.8 Å².